The van der Waals surface area contributed by atoms with Crippen molar-refractivity contribution in [3.8, 4) is 0 Å². The van der Waals surface area contributed by atoms with Gasteiger partial charge in [0.15, 0.2) is 0 Å². The van der Waals surface area contributed by atoms with E-state index in [4.69, 9.17) is 11.6 Å². The van der Waals surface area contributed by atoms with E-state index in [1.807, 2.05) is 0 Å². The topological polar surface area (TPSA) is 104 Å². The van der Waals surface area contributed by atoms with Crippen LogP contribution in [0.25, 0.3) is 0 Å². The van der Waals surface area contributed by atoms with Gasteiger partial charge in [-0.1, -0.05) is 35.9 Å². The summed E-state index contributed by atoms with van der Waals surface area (Å²) in [7, 11) is -6.15. The molecule has 0 aliphatic carbocycles. The van der Waals surface area contributed by atoms with Gasteiger partial charge in [-0.3, -0.25) is 13.4 Å². The van der Waals surface area contributed by atoms with Crippen molar-refractivity contribution in [1.82, 2.24) is 0 Å². The largest absolute Gasteiger partial charge is 0.324 e. The van der Waals surface area contributed by atoms with Crippen LogP contribution in [-0.2, 0) is 24.8 Å². The quantitative estimate of drug-likeness (QED) is 0.502. The first-order valence-electron chi connectivity index (χ1n) is 9.65. The van der Waals surface area contributed by atoms with E-state index in [0.29, 0.717) is 16.4 Å². The van der Waals surface area contributed by atoms with Gasteiger partial charge in [-0.05, 0) is 54.6 Å². The molecular formula is C22H22ClN3O5S2. The molecule has 33 heavy (non-hydrogen) atoms. The standard InChI is InChI=1S/C22H22ClN3O5S2/c1-25(32(2,28)29)20-8-6-7-18(15-20)24-22(27)16-26(19-13-11-17(23)12-14-19)33(30,31)21-9-4-3-5-10-21/h3-15H,16H2,1-2H3,(H,24,27). The van der Waals surface area contributed by atoms with Crippen LogP contribution in [0.3, 0.4) is 0 Å². The van der Waals surface area contributed by atoms with E-state index in [1.165, 1.54) is 49.5 Å². The van der Waals surface area contributed by atoms with E-state index in [-0.39, 0.29) is 10.6 Å². The SMILES string of the molecule is CN(c1cccc(NC(=O)CN(c2ccc(Cl)cc2)S(=O)(=O)c2ccccc2)c1)S(C)(=O)=O. The summed E-state index contributed by atoms with van der Waals surface area (Å²) < 4.78 is 52.2. The van der Waals surface area contributed by atoms with Crippen LogP contribution in [0.4, 0.5) is 17.1 Å². The number of nitrogens with zero attached hydrogens (tertiary/aromatic N) is 2. The highest BCUT2D eigenvalue weighted by Gasteiger charge is 2.27. The van der Waals surface area contributed by atoms with Gasteiger partial charge in [0.1, 0.15) is 6.54 Å². The lowest BCUT2D eigenvalue weighted by atomic mass is 10.2. The normalized spacial score (nSPS) is 11.6. The molecule has 0 aliphatic heterocycles. The third-order valence-corrected chi connectivity index (χ3v) is 7.97. The lowest BCUT2D eigenvalue weighted by Gasteiger charge is -2.24. The molecule has 8 nitrogen and oxygen atoms in total. The molecule has 0 heterocycles. The van der Waals surface area contributed by atoms with E-state index >= 15 is 0 Å². The Bertz CT molecular complexity index is 1350. The van der Waals surface area contributed by atoms with Crippen molar-refractivity contribution in [1.29, 1.82) is 0 Å². The van der Waals surface area contributed by atoms with Crippen molar-refractivity contribution in [3.63, 3.8) is 0 Å². The van der Waals surface area contributed by atoms with E-state index in [0.717, 1.165) is 14.9 Å². The van der Waals surface area contributed by atoms with Crippen molar-refractivity contribution in [2.45, 2.75) is 4.90 Å². The Hall–Kier alpha value is -3.08. The summed E-state index contributed by atoms with van der Waals surface area (Å²) in [6.07, 6.45) is 1.07. The third kappa shape index (κ3) is 6.04. The molecule has 0 radical (unpaired) electrons. The van der Waals surface area contributed by atoms with Gasteiger partial charge in [-0.2, -0.15) is 0 Å². The van der Waals surface area contributed by atoms with E-state index in [9.17, 15) is 21.6 Å². The minimum absolute atomic E-state index is 0.0320. The molecule has 0 aromatic heterocycles. The van der Waals surface area contributed by atoms with Crippen LogP contribution >= 0.6 is 11.6 Å². The third-order valence-electron chi connectivity index (χ3n) is 4.72. The monoisotopic (exact) mass is 507 g/mol. The van der Waals surface area contributed by atoms with Crippen LogP contribution in [0.15, 0.2) is 83.8 Å². The lowest BCUT2D eigenvalue weighted by molar-refractivity contribution is -0.114. The fourth-order valence-electron chi connectivity index (χ4n) is 2.94. The van der Waals surface area contributed by atoms with Crippen molar-refractivity contribution < 1.29 is 21.6 Å². The summed E-state index contributed by atoms with van der Waals surface area (Å²) in [5.74, 6) is -0.608. The number of anilines is 3. The minimum atomic E-state index is -4.05. The molecule has 1 amide bonds. The number of hydrogen-bond acceptors (Lipinski definition) is 5. The Balaban J connectivity index is 1.89. The lowest BCUT2D eigenvalue weighted by Crippen LogP contribution is -2.38. The van der Waals surface area contributed by atoms with Gasteiger partial charge in [-0.15, -0.1) is 0 Å². The van der Waals surface area contributed by atoms with Gasteiger partial charge in [0, 0.05) is 17.8 Å². The number of nitrogens with one attached hydrogen (secondary N) is 1. The Labute approximate surface area is 198 Å². The van der Waals surface area contributed by atoms with E-state index in [2.05, 4.69) is 5.32 Å². The molecule has 3 aromatic rings. The average molecular weight is 508 g/mol. The molecule has 0 saturated carbocycles. The number of benzene rings is 3. The van der Waals surface area contributed by atoms with Crippen molar-refractivity contribution in [2.24, 2.45) is 0 Å². The van der Waals surface area contributed by atoms with Gasteiger partial charge in [0.05, 0.1) is 22.5 Å². The maximum absolute atomic E-state index is 13.3. The van der Waals surface area contributed by atoms with Crippen molar-refractivity contribution >= 4 is 54.6 Å². The second kappa shape index (κ2) is 9.82. The predicted molar refractivity (Wildman–Crippen MR) is 131 cm³/mol. The first-order chi connectivity index (χ1) is 15.5. The number of amides is 1. The highest BCUT2D eigenvalue weighted by Crippen LogP contribution is 2.26. The summed E-state index contributed by atoms with van der Waals surface area (Å²) in [5.41, 5.74) is 0.937. The smallest absolute Gasteiger partial charge is 0.264 e. The Morgan fingerprint density at radius 2 is 1.52 bits per heavy atom. The summed E-state index contributed by atoms with van der Waals surface area (Å²) in [5, 5.41) is 3.05. The molecule has 0 atom stereocenters. The molecule has 0 bridgehead atoms. The predicted octanol–water partition coefficient (Wildman–Crippen LogP) is 3.57. The molecule has 0 aliphatic rings. The summed E-state index contributed by atoms with van der Waals surface area (Å²) in [6.45, 7) is -0.509. The molecule has 174 valence electrons. The van der Waals surface area contributed by atoms with Crippen molar-refractivity contribution in [2.75, 3.05) is 33.8 Å². The molecule has 3 rings (SSSR count). The van der Waals surface area contributed by atoms with E-state index in [1.54, 1.807) is 36.4 Å². The number of carbonyl (C=O) groups excluding carboxylic acids is 1. The van der Waals surface area contributed by atoms with Gasteiger partial charge in [0.2, 0.25) is 15.9 Å². The number of sulfonamides is 2. The van der Waals surface area contributed by atoms with Crippen LogP contribution in [0.5, 0.6) is 0 Å². The summed E-state index contributed by atoms with van der Waals surface area (Å²) in [6, 6.07) is 20.1. The molecule has 0 fully saturated rings. The molecule has 1 N–H and O–H groups in total. The Kier molecular flexibility index (Phi) is 7.31. The maximum Gasteiger partial charge on any atom is 0.264 e. The maximum atomic E-state index is 13.3. The fraction of sp³-hybridized carbons (Fsp3) is 0.136. The molecule has 3 aromatic carbocycles. The van der Waals surface area contributed by atoms with Crippen LogP contribution in [0.2, 0.25) is 5.02 Å². The summed E-state index contributed by atoms with van der Waals surface area (Å²) >= 11 is 5.94. The molecule has 0 spiro atoms. The van der Waals surface area contributed by atoms with Gasteiger partial charge < -0.3 is 5.32 Å². The van der Waals surface area contributed by atoms with Crippen LogP contribution < -0.4 is 13.9 Å². The zero-order valence-corrected chi connectivity index (χ0v) is 20.2. The van der Waals surface area contributed by atoms with Gasteiger partial charge >= 0.3 is 0 Å². The van der Waals surface area contributed by atoms with Crippen LogP contribution in [-0.4, -0.2) is 42.6 Å². The zero-order valence-electron chi connectivity index (χ0n) is 17.8. The molecule has 0 saturated heterocycles. The highest BCUT2D eigenvalue weighted by atomic mass is 35.5. The van der Waals surface area contributed by atoms with Crippen LogP contribution in [0, 0.1) is 0 Å². The van der Waals surface area contributed by atoms with E-state index < -0.39 is 32.5 Å². The number of carbonyl (C=O) groups is 1. The fourth-order valence-corrected chi connectivity index (χ4v) is 5.01. The second-order valence-electron chi connectivity index (χ2n) is 7.13. The molecule has 11 heteroatoms. The second-order valence-corrected chi connectivity index (χ2v) is 11.4. The highest BCUT2D eigenvalue weighted by molar-refractivity contribution is 7.93. The molecular weight excluding hydrogens is 486 g/mol. The molecule has 0 unspecified atom stereocenters. The number of halogens is 1. The first-order valence-corrected chi connectivity index (χ1v) is 13.3. The first kappa shape index (κ1) is 24.6. The zero-order chi connectivity index (χ0) is 24.2. The minimum Gasteiger partial charge on any atom is -0.324 e. The number of rotatable bonds is 8. The van der Waals surface area contributed by atoms with Gasteiger partial charge in [-0.25, -0.2) is 16.8 Å². The number of hydrogen-bond donors (Lipinski definition) is 1. The Morgan fingerprint density at radius 1 is 0.879 bits per heavy atom. The summed E-state index contributed by atoms with van der Waals surface area (Å²) in [4.78, 5) is 12.9. The van der Waals surface area contributed by atoms with Crippen molar-refractivity contribution in [3.05, 3.63) is 83.9 Å². The van der Waals surface area contributed by atoms with Gasteiger partial charge in [0.25, 0.3) is 10.0 Å². The average Bonchev–Trinajstić information content (AvgIpc) is 2.78. The Morgan fingerprint density at radius 3 is 2.12 bits per heavy atom. The van der Waals surface area contributed by atoms with Crippen LogP contribution in [0.1, 0.15) is 0 Å².